The van der Waals surface area contributed by atoms with Gasteiger partial charge in [0.25, 0.3) is 0 Å². The summed E-state index contributed by atoms with van der Waals surface area (Å²) in [5, 5.41) is 14.6. The Balaban J connectivity index is 2.16. The smallest absolute Gasteiger partial charge is 0.123 e. The third kappa shape index (κ3) is 2.84. The molecule has 2 aromatic rings. The van der Waals surface area contributed by atoms with E-state index in [0.29, 0.717) is 0 Å². The lowest BCUT2D eigenvalue weighted by atomic mass is 10.1. The highest BCUT2D eigenvalue weighted by molar-refractivity contribution is 7.10. The van der Waals surface area contributed by atoms with Gasteiger partial charge in [-0.15, -0.1) is 11.3 Å². The van der Waals surface area contributed by atoms with Crippen LogP contribution in [-0.4, -0.2) is 11.7 Å². The fraction of sp³-hybridized carbons (Fsp3) is 0.231. The minimum atomic E-state index is -0.261. The minimum absolute atomic E-state index is 0.0126. The Morgan fingerprint density at radius 1 is 1.29 bits per heavy atom. The fourth-order valence-electron chi connectivity index (χ4n) is 1.68. The summed E-state index contributed by atoms with van der Waals surface area (Å²) in [6.45, 7) is 2.03. The number of hydrogen-bond donors (Lipinski definition) is 2. The monoisotopic (exact) mass is 251 g/mol. The van der Waals surface area contributed by atoms with Crippen LogP contribution in [0.2, 0.25) is 0 Å². The van der Waals surface area contributed by atoms with Crippen LogP contribution in [0.1, 0.15) is 16.5 Å². The Kier molecular flexibility index (Phi) is 3.76. The Hall–Kier alpha value is -1.39. The van der Waals surface area contributed by atoms with Gasteiger partial charge in [-0.05, 0) is 48.2 Å². The van der Waals surface area contributed by atoms with Crippen molar-refractivity contribution in [3.05, 3.63) is 52.0 Å². The summed E-state index contributed by atoms with van der Waals surface area (Å²) < 4.78 is 12.8. The lowest BCUT2D eigenvalue weighted by Crippen LogP contribution is -2.14. The van der Waals surface area contributed by atoms with Crippen LogP contribution < -0.4 is 5.32 Å². The summed E-state index contributed by atoms with van der Waals surface area (Å²) in [6.07, 6.45) is 0. The van der Waals surface area contributed by atoms with E-state index < -0.39 is 0 Å². The number of aliphatic hydroxyl groups is 1. The molecule has 0 saturated carbocycles. The molecule has 17 heavy (non-hydrogen) atoms. The second-order valence-corrected chi connectivity index (χ2v) is 4.80. The van der Waals surface area contributed by atoms with E-state index in [1.54, 1.807) is 23.5 Å². The van der Waals surface area contributed by atoms with E-state index >= 15 is 0 Å². The SMILES string of the molecule is Cc1ccsc1C(CO)Nc1ccc(F)cc1. The molecule has 0 fully saturated rings. The summed E-state index contributed by atoms with van der Waals surface area (Å²) in [7, 11) is 0. The number of halogens is 1. The van der Waals surface area contributed by atoms with E-state index in [0.717, 1.165) is 16.1 Å². The number of nitrogens with one attached hydrogen (secondary N) is 1. The van der Waals surface area contributed by atoms with Crippen molar-refractivity contribution >= 4 is 17.0 Å². The van der Waals surface area contributed by atoms with Crippen LogP contribution in [0, 0.1) is 12.7 Å². The predicted molar refractivity (Wildman–Crippen MR) is 68.9 cm³/mol. The van der Waals surface area contributed by atoms with Gasteiger partial charge in [0.15, 0.2) is 0 Å². The van der Waals surface area contributed by atoms with Crippen molar-refractivity contribution in [3.8, 4) is 0 Å². The van der Waals surface area contributed by atoms with Crippen molar-refractivity contribution in [1.29, 1.82) is 0 Å². The van der Waals surface area contributed by atoms with E-state index in [1.165, 1.54) is 12.1 Å². The average Bonchev–Trinajstić information content (AvgIpc) is 2.75. The number of aryl methyl sites for hydroxylation is 1. The van der Waals surface area contributed by atoms with E-state index in [1.807, 2.05) is 18.4 Å². The van der Waals surface area contributed by atoms with Gasteiger partial charge in [-0.1, -0.05) is 0 Å². The highest BCUT2D eigenvalue weighted by atomic mass is 32.1. The van der Waals surface area contributed by atoms with Gasteiger partial charge in [-0.25, -0.2) is 4.39 Å². The standard InChI is InChI=1S/C13H14FNOS/c1-9-6-7-17-13(9)12(8-16)15-11-4-2-10(14)3-5-11/h2-7,12,15-16H,8H2,1H3. The van der Waals surface area contributed by atoms with Crippen molar-refractivity contribution < 1.29 is 9.50 Å². The van der Waals surface area contributed by atoms with Crippen molar-refractivity contribution in [2.24, 2.45) is 0 Å². The molecule has 0 aliphatic heterocycles. The van der Waals surface area contributed by atoms with Crippen LogP contribution in [0.3, 0.4) is 0 Å². The van der Waals surface area contributed by atoms with Gasteiger partial charge in [-0.3, -0.25) is 0 Å². The first-order chi connectivity index (χ1) is 8.20. The van der Waals surface area contributed by atoms with Gasteiger partial charge >= 0.3 is 0 Å². The van der Waals surface area contributed by atoms with Crippen LogP contribution in [-0.2, 0) is 0 Å². The molecule has 0 saturated heterocycles. The molecule has 1 atom stereocenters. The summed E-state index contributed by atoms with van der Waals surface area (Å²) in [6, 6.07) is 8.02. The maximum Gasteiger partial charge on any atom is 0.123 e. The van der Waals surface area contributed by atoms with Crippen LogP contribution in [0.4, 0.5) is 10.1 Å². The second-order valence-electron chi connectivity index (χ2n) is 3.85. The van der Waals surface area contributed by atoms with E-state index in [2.05, 4.69) is 5.32 Å². The maximum atomic E-state index is 12.8. The lowest BCUT2D eigenvalue weighted by molar-refractivity contribution is 0.277. The van der Waals surface area contributed by atoms with Crippen LogP contribution in [0.25, 0.3) is 0 Å². The molecule has 2 rings (SSSR count). The molecular weight excluding hydrogens is 237 g/mol. The minimum Gasteiger partial charge on any atom is -0.394 e. The molecule has 0 spiro atoms. The van der Waals surface area contributed by atoms with Gasteiger partial charge < -0.3 is 10.4 Å². The molecule has 1 aromatic carbocycles. The molecule has 1 aromatic heterocycles. The Bertz CT molecular complexity index is 480. The summed E-state index contributed by atoms with van der Waals surface area (Å²) in [5.41, 5.74) is 1.96. The van der Waals surface area contributed by atoms with Gasteiger partial charge in [0.2, 0.25) is 0 Å². The van der Waals surface area contributed by atoms with Crippen molar-refractivity contribution in [1.82, 2.24) is 0 Å². The number of rotatable bonds is 4. The summed E-state index contributed by atoms with van der Waals surface area (Å²) in [4.78, 5) is 1.11. The molecule has 0 radical (unpaired) electrons. The number of hydrogen-bond acceptors (Lipinski definition) is 3. The fourth-order valence-corrected chi connectivity index (χ4v) is 2.65. The molecule has 0 bridgehead atoms. The zero-order valence-corrected chi connectivity index (χ0v) is 10.3. The van der Waals surface area contributed by atoms with Crippen molar-refractivity contribution in [3.63, 3.8) is 0 Å². The van der Waals surface area contributed by atoms with Crippen LogP contribution in [0.15, 0.2) is 35.7 Å². The molecule has 0 aliphatic rings. The van der Waals surface area contributed by atoms with Gasteiger partial charge in [0.1, 0.15) is 5.82 Å². The van der Waals surface area contributed by atoms with Crippen LogP contribution in [0.5, 0.6) is 0 Å². The number of benzene rings is 1. The molecular formula is C13H14FNOS. The Labute approximate surface area is 104 Å². The second kappa shape index (κ2) is 5.29. The molecule has 90 valence electrons. The normalized spacial score (nSPS) is 12.4. The first kappa shape index (κ1) is 12.1. The number of thiophene rings is 1. The Morgan fingerprint density at radius 3 is 2.53 bits per heavy atom. The zero-order chi connectivity index (χ0) is 12.3. The van der Waals surface area contributed by atoms with Gasteiger partial charge in [0, 0.05) is 10.6 Å². The molecule has 4 heteroatoms. The van der Waals surface area contributed by atoms with E-state index in [9.17, 15) is 9.50 Å². The first-order valence-corrected chi connectivity index (χ1v) is 6.25. The molecule has 1 unspecified atom stereocenters. The largest absolute Gasteiger partial charge is 0.394 e. The topological polar surface area (TPSA) is 32.3 Å². The highest BCUT2D eigenvalue weighted by Crippen LogP contribution is 2.26. The number of anilines is 1. The third-order valence-electron chi connectivity index (χ3n) is 2.59. The van der Waals surface area contributed by atoms with Crippen molar-refractivity contribution in [2.45, 2.75) is 13.0 Å². The van der Waals surface area contributed by atoms with E-state index in [4.69, 9.17) is 0 Å². The third-order valence-corrected chi connectivity index (χ3v) is 3.72. The average molecular weight is 251 g/mol. The quantitative estimate of drug-likeness (QED) is 0.873. The van der Waals surface area contributed by atoms with Gasteiger partial charge in [0.05, 0.1) is 12.6 Å². The summed E-state index contributed by atoms with van der Waals surface area (Å²) in [5.74, 6) is -0.261. The zero-order valence-electron chi connectivity index (χ0n) is 9.48. The van der Waals surface area contributed by atoms with E-state index in [-0.39, 0.29) is 18.5 Å². The van der Waals surface area contributed by atoms with Gasteiger partial charge in [-0.2, -0.15) is 0 Å². The molecule has 2 nitrogen and oxygen atoms in total. The molecule has 1 heterocycles. The molecule has 2 N–H and O–H groups in total. The lowest BCUT2D eigenvalue weighted by Gasteiger charge is -2.17. The predicted octanol–water partition coefficient (Wildman–Crippen LogP) is 3.34. The number of aliphatic hydroxyl groups excluding tert-OH is 1. The Morgan fingerprint density at radius 2 is 2.00 bits per heavy atom. The van der Waals surface area contributed by atoms with Crippen molar-refractivity contribution in [2.75, 3.05) is 11.9 Å². The molecule has 0 aliphatic carbocycles. The molecule has 0 amide bonds. The van der Waals surface area contributed by atoms with Crippen LogP contribution >= 0.6 is 11.3 Å². The maximum absolute atomic E-state index is 12.8. The first-order valence-electron chi connectivity index (χ1n) is 5.37. The summed E-state index contributed by atoms with van der Waals surface area (Å²) >= 11 is 1.61. The highest BCUT2D eigenvalue weighted by Gasteiger charge is 2.13.